The molecule has 2 atom stereocenters. The second-order valence-corrected chi connectivity index (χ2v) is 5.77. The molecular formula is C15H23N3O2. The number of nitrogens with zero attached hydrogens (tertiary/aromatic N) is 2. The van der Waals surface area contributed by atoms with E-state index in [2.05, 4.69) is 0 Å². The Morgan fingerprint density at radius 2 is 2.05 bits per heavy atom. The highest BCUT2D eigenvalue weighted by molar-refractivity contribution is 5.79. The molecule has 0 bridgehead atoms. The second-order valence-electron chi connectivity index (χ2n) is 5.77. The summed E-state index contributed by atoms with van der Waals surface area (Å²) in [5.41, 5.74) is 7.29. The van der Waals surface area contributed by atoms with Crippen LogP contribution in [0.2, 0.25) is 0 Å². The minimum absolute atomic E-state index is 0.0678. The molecule has 1 fully saturated rings. The zero-order valence-corrected chi connectivity index (χ0v) is 12.1. The number of anilines is 1. The quantitative estimate of drug-likeness (QED) is 0.778. The van der Waals surface area contributed by atoms with Gasteiger partial charge in [-0.1, -0.05) is 12.1 Å². The number of amides is 1. The summed E-state index contributed by atoms with van der Waals surface area (Å²) >= 11 is 0. The van der Waals surface area contributed by atoms with Gasteiger partial charge in [0.05, 0.1) is 12.5 Å². The third-order valence-electron chi connectivity index (χ3n) is 3.62. The first-order valence-electron chi connectivity index (χ1n) is 6.92. The second kappa shape index (κ2) is 6.24. The summed E-state index contributed by atoms with van der Waals surface area (Å²) in [7, 11) is 3.96. The maximum Gasteiger partial charge on any atom is 0.227 e. The van der Waals surface area contributed by atoms with E-state index in [1.165, 1.54) is 0 Å². The first-order valence-corrected chi connectivity index (χ1v) is 6.92. The highest BCUT2D eigenvalue weighted by atomic mass is 16.3. The lowest BCUT2D eigenvalue weighted by Crippen LogP contribution is -2.42. The smallest absolute Gasteiger partial charge is 0.227 e. The van der Waals surface area contributed by atoms with Crippen molar-refractivity contribution >= 4 is 11.6 Å². The molecule has 20 heavy (non-hydrogen) atoms. The molecule has 1 saturated heterocycles. The van der Waals surface area contributed by atoms with Gasteiger partial charge < -0.3 is 20.6 Å². The molecule has 0 saturated carbocycles. The monoisotopic (exact) mass is 277 g/mol. The number of nitrogen functional groups attached to an aromatic ring is 1. The van der Waals surface area contributed by atoms with E-state index in [-0.39, 0.29) is 11.9 Å². The first-order chi connectivity index (χ1) is 9.45. The number of aliphatic hydroxyl groups is 1. The Hall–Kier alpha value is -1.59. The van der Waals surface area contributed by atoms with Gasteiger partial charge in [0.15, 0.2) is 0 Å². The fourth-order valence-electron chi connectivity index (χ4n) is 2.70. The number of hydrogen-bond acceptors (Lipinski definition) is 4. The molecule has 0 radical (unpaired) electrons. The van der Waals surface area contributed by atoms with Crippen LogP contribution in [0.4, 0.5) is 5.69 Å². The Balaban J connectivity index is 2.01. The summed E-state index contributed by atoms with van der Waals surface area (Å²) in [5, 5.41) is 9.81. The van der Waals surface area contributed by atoms with Crippen molar-refractivity contribution in [3.05, 3.63) is 29.8 Å². The number of carbonyl (C=O) groups excluding carboxylic acids is 1. The van der Waals surface area contributed by atoms with Crippen LogP contribution in [0.1, 0.15) is 12.0 Å². The SMILES string of the molecule is CN(C)CC1CC(O)CN1C(=O)Cc1ccc(N)cc1. The molecule has 1 aliphatic rings. The molecule has 0 spiro atoms. The van der Waals surface area contributed by atoms with Crippen LogP contribution >= 0.6 is 0 Å². The molecule has 0 aromatic heterocycles. The lowest BCUT2D eigenvalue weighted by molar-refractivity contribution is -0.131. The van der Waals surface area contributed by atoms with Gasteiger partial charge in [-0.05, 0) is 38.2 Å². The van der Waals surface area contributed by atoms with Gasteiger partial charge in [-0.15, -0.1) is 0 Å². The van der Waals surface area contributed by atoms with E-state index in [4.69, 9.17) is 5.73 Å². The molecule has 1 heterocycles. The van der Waals surface area contributed by atoms with Crippen molar-refractivity contribution in [2.24, 2.45) is 0 Å². The zero-order chi connectivity index (χ0) is 14.7. The van der Waals surface area contributed by atoms with E-state index in [0.29, 0.717) is 25.1 Å². The minimum atomic E-state index is -0.407. The van der Waals surface area contributed by atoms with Gasteiger partial charge in [-0.2, -0.15) is 0 Å². The standard InChI is InChI=1S/C15H23N3O2/c1-17(2)9-13-8-14(19)10-18(13)15(20)7-11-3-5-12(16)6-4-11/h3-6,13-14,19H,7-10,16H2,1-2H3. The summed E-state index contributed by atoms with van der Waals surface area (Å²) < 4.78 is 0. The predicted molar refractivity (Wildman–Crippen MR) is 79.2 cm³/mol. The third kappa shape index (κ3) is 3.71. The van der Waals surface area contributed by atoms with Crippen molar-refractivity contribution in [3.8, 4) is 0 Å². The molecule has 0 aliphatic carbocycles. The van der Waals surface area contributed by atoms with Crippen LogP contribution in [-0.2, 0) is 11.2 Å². The van der Waals surface area contributed by atoms with Gasteiger partial charge in [0, 0.05) is 24.8 Å². The van der Waals surface area contributed by atoms with E-state index in [9.17, 15) is 9.90 Å². The lowest BCUT2D eigenvalue weighted by Gasteiger charge is -2.27. The summed E-state index contributed by atoms with van der Waals surface area (Å²) in [5.74, 6) is 0.0678. The molecule has 1 aromatic carbocycles. The number of rotatable bonds is 4. The highest BCUT2D eigenvalue weighted by Crippen LogP contribution is 2.20. The van der Waals surface area contributed by atoms with Crippen LogP contribution in [0.15, 0.2) is 24.3 Å². The molecule has 2 rings (SSSR count). The average Bonchev–Trinajstić information content (AvgIpc) is 2.72. The molecule has 1 amide bonds. The van der Waals surface area contributed by atoms with Crippen LogP contribution in [-0.4, -0.2) is 60.1 Å². The Kier molecular flexibility index (Phi) is 4.62. The number of likely N-dealkylation sites (N-methyl/N-ethyl adjacent to an activating group) is 1. The fourth-order valence-corrected chi connectivity index (χ4v) is 2.70. The van der Waals surface area contributed by atoms with Gasteiger partial charge in [-0.3, -0.25) is 4.79 Å². The minimum Gasteiger partial charge on any atom is -0.399 e. The summed E-state index contributed by atoms with van der Waals surface area (Å²) in [6.45, 7) is 1.22. The number of benzene rings is 1. The van der Waals surface area contributed by atoms with Crippen molar-refractivity contribution in [2.75, 3.05) is 32.9 Å². The predicted octanol–water partition coefficient (Wildman–Crippen LogP) is 0.335. The molecular weight excluding hydrogens is 254 g/mol. The number of aliphatic hydroxyl groups excluding tert-OH is 1. The Labute approximate surface area is 120 Å². The zero-order valence-electron chi connectivity index (χ0n) is 12.1. The lowest BCUT2D eigenvalue weighted by atomic mass is 10.1. The van der Waals surface area contributed by atoms with E-state index in [1.54, 1.807) is 17.0 Å². The van der Waals surface area contributed by atoms with Crippen molar-refractivity contribution in [1.82, 2.24) is 9.80 Å². The number of likely N-dealkylation sites (tertiary alicyclic amines) is 1. The first kappa shape index (κ1) is 14.8. The Bertz CT molecular complexity index is 459. The number of β-amino-alcohol motifs (C(OH)–C–C–N with tert-alkyl or cyclic N) is 1. The third-order valence-corrected chi connectivity index (χ3v) is 3.62. The van der Waals surface area contributed by atoms with Crippen molar-refractivity contribution < 1.29 is 9.90 Å². The number of nitrogens with two attached hydrogens (primary N) is 1. The molecule has 3 N–H and O–H groups in total. The fraction of sp³-hybridized carbons (Fsp3) is 0.533. The van der Waals surface area contributed by atoms with Gasteiger partial charge >= 0.3 is 0 Å². The van der Waals surface area contributed by atoms with E-state index >= 15 is 0 Å². The normalized spacial score (nSPS) is 22.5. The number of carbonyl (C=O) groups is 1. The van der Waals surface area contributed by atoms with E-state index in [0.717, 1.165) is 12.1 Å². The maximum absolute atomic E-state index is 12.4. The highest BCUT2D eigenvalue weighted by Gasteiger charge is 2.34. The van der Waals surface area contributed by atoms with Crippen LogP contribution in [0.25, 0.3) is 0 Å². The van der Waals surface area contributed by atoms with Crippen LogP contribution < -0.4 is 5.73 Å². The molecule has 5 heteroatoms. The van der Waals surface area contributed by atoms with Crippen molar-refractivity contribution in [1.29, 1.82) is 0 Å². The summed E-state index contributed by atoms with van der Waals surface area (Å²) in [6.07, 6.45) is 0.609. The van der Waals surface area contributed by atoms with Gasteiger partial charge in [0.25, 0.3) is 0 Å². The number of hydrogen-bond donors (Lipinski definition) is 2. The summed E-state index contributed by atoms with van der Waals surface area (Å²) in [6, 6.07) is 7.46. The maximum atomic E-state index is 12.4. The molecule has 2 unspecified atom stereocenters. The topological polar surface area (TPSA) is 69.8 Å². The van der Waals surface area contributed by atoms with Crippen molar-refractivity contribution in [2.45, 2.75) is 25.0 Å². The van der Waals surface area contributed by atoms with Gasteiger partial charge in [0.2, 0.25) is 5.91 Å². The Morgan fingerprint density at radius 1 is 1.40 bits per heavy atom. The molecule has 5 nitrogen and oxygen atoms in total. The average molecular weight is 277 g/mol. The largest absolute Gasteiger partial charge is 0.399 e. The van der Waals surface area contributed by atoms with Crippen LogP contribution in [0.3, 0.4) is 0 Å². The Morgan fingerprint density at radius 3 is 2.65 bits per heavy atom. The molecule has 1 aromatic rings. The van der Waals surface area contributed by atoms with Gasteiger partial charge in [-0.25, -0.2) is 0 Å². The van der Waals surface area contributed by atoms with Crippen LogP contribution in [0, 0.1) is 0 Å². The molecule has 110 valence electrons. The van der Waals surface area contributed by atoms with E-state index < -0.39 is 6.10 Å². The summed E-state index contributed by atoms with van der Waals surface area (Å²) in [4.78, 5) is 16.3. The van der Waals surface area contributed by atoms with Crippen molar-refractivity contribution in [3.63, 3.8) is 0 Å². The van der Waals surface area contributed by atoms with E-state index in [1.807, 2.05) is 31.1 Å². The van der Waals surface area contributed by atoms with Gasteiger partial charge in [0.1, 0.15) is 0 Å². The van der Waals surface area contributed by atoms with Crippen LogP contribution in [0.5, 0.6) is 0 Å². The molecule has 1 aliphatic heterocycles.